The minimum absolute atomic E-state index is 0.227. The number of anilines is 1. The van der Waals surface area contributed by atoms with Crippen molar-refractivity contribution in [3.05, 3.63) is 18.1 Å². The molecular weight excluding hydrogens is 269 g/mol. The first-order chi connectivity index (χ1) is 10.2. The molecule has 1 N–H and O–H groups in total. The summed E-state index contributed by atoms with van der Waals surface area (Å²) in [5.74, 6) is 1.33. The molecule has 1 saturated heterocycles. The van der Waals surface area contributed by atoms with Gasteiger partial charge in [-0.05, 0) is 25.7 Å². The first-order valence-corrected chi connectivity index (χ1v) is 8.07. The van der Waals surface area contributed by atoms with Gasteiger partial charge in [0.25, 0.3) is 0 Å². The SMILES string of the molecule is OCC1(F)CCCN(c2cc(C3CCCCC3)ncn2)C1. The van der Waals surface area contributed by atoms with Gasteiger partial charge in [-0.1, -0.05) is 19.3 Å². The quantitative estimate of drug-likeness (QED) is 0.931. The number of rotatable bonds is 3. The van der Waals surface area contributed by atoms with Crippen LogP contribution in [0.15, 0.2) is 12.4 Å². The maximum absolute atomic E-state index is 14.4. The molecule has 0 amide bonds. The Morgan fingerprint density at radius 2 is 2.05 bits per heavy atom. The lowest BCUT2D eigenvalue weighted by Crippen LogP contribution is -2.48. The Morgan fingerprint density at radius 3 is 2.81 bits per heavy atom. The summed E-state index contributed by atoms with van der Waals surface area (Å²) < 4.78 is 14.4. The van der Waals surface area contributed by atoms with Crippen LogP contribution in [-0.2, 0) is 0 Å². The highest BCUT2D eigenvalue weighted by Gasteiger charge is 2.35. The summed E-state index contributed by atoms with van der Waals surface area (Å²) in [7, 11) is 0. The Morgan fingerprint density at radius 1 is 1.24 bits per heavy atom. The number of aliphatic hydroxyl groups excluding tert-OH is 1. The number of aromatic nitrogens is 2. The molecule has 1 aromatic heterocycles. The van der Waals surface area contributed by atoms with E-state index in [9.17, 15) is 9.50 Å². The van der Waals surface area contributed by atoms with Gasteiger partial charge in [0.05, 0.1) is 13.2 Å². The van der Waals surface area contributed by atoms with Crippen LogP contribution in [0.25, 0.3) is 0 Å². The van der Waals surface area contributed by atoms with Gasteiger partial charge in [0.1, 0.15) is 12.1 Å². The Bertz CT molecular complexity index is 478. The average molecular weight is 293 g/mol. The van der Waals surface area contributed by atoms with E-state index in [2.05, 4.69) is 9.97 Å². The van der Waals surface area contributed by atoms with Gasteiger partial charge in [-0.2, -0.15) is 0 Å². The lowest BCUT2D eigenvalue weighted by Gasteiger charge is -2.37. The molecule has 21 heavy (non-hydrogen) atoms. The fourth-order valence-corrected chi connectivity index (χ4v) is 3.57. The maximum atomic E-state index is 14.4. The van der Waals surface area contributed by atoms with Crippen LogP contribution in [0.2, 0.25) is 0 Å². The first-order valence-electron chi connectivity index (χ1n) is 8.07. The summed E-state index contributed by atoms with van der Waals surface area (Å²) >= 11 is 0. The van der Waals surface area contributed by atoms with Crippen LogP contribution < -0.4 is 4.90 Å². The van der Waals surface area contributed by atoms with Crippen LogP contribution in [0.4, 0.5) is 10.2 Å². The summed E-state index contributed by atoms with van der Waals surface area (Å²) in [5.41, 5.74) is -0.396. The standard InChI is InChI=1S/C16H24FN3O/c17-16(11-21)7-4-8-20(10-16)15-9-14(18-12-19-15)13-5-2-1-3-6-13/h9,12-13,21H,1-8,10-11H2. The van der Waals surface area contributed by atoms with Crippen LogP contribution in [0.1, 0.15) is 56.6 Å². The molecule has 1 unspecified atom stereocenters. The molecule has 1 atom stereocenters. The van der Waals surface area contributed by atoms with Gasteiger partial charge in [-0.15, -0.1) is 0 Å². The minimum atomic E-state index is -1.49. The topological polar surface area (TPSA) is 49.2 Å². The Kier molecular flexibility index (Phi) is 4.38. The first kappa shape index (κ1) is 14.7. The van der Waals surface area contributed by atoms with Gasteiger partial charge in [0, 0.05) is 24.2 Å². The highest BCUT2D eigenvalue weighted by Crippen LogP contribution is 2.33. The van der Waals surface area contributed by atoms with E-state index in [1.54, 1.807) is 6.33 Å². The van der Waals surface area contributed by atoms with E-state index >= 15 is 0 Å². The lowest BCUT2D eigenvalue weighted by atomic mass is 9.87. The highest BCUT2D eigenvalue weighted by molar-refractivity contribution is 5.41. The predicted molar refractivity (Wildman–Crippen MR) is 80.2 cm³/mol. The molecule has 0 bridgehead atoms. The fraction of sp³-hybridized carbons (Fsp3) is 0.750. The maximum Gasteiger partial charge on any atom is 0.151 e. The molecule has 1 aliphatic heterocycles. The van der Waals surface area contributed by atoms with Crippen molar-refractivity contribution in [3.8, 4) is 0 Å². The van der Waals surface area contributed by atoms with Crippen LogP contribution >= 0.6 is 0 Å². The van der Waals surface area contributed by atoms with Crippen molar-refractivity contribution >= 4 is 5.82 Å². The van der Waals surface area contributed by atoms with E-state index in [1.165, 1.54) is 32.1 Å². The van der Waals surface area contributed by atoms with E-state index in [0.717, 1.165) is 24.5 Å². The third-order valence-corrected chi connectivity index (χ3v) is 4.83. The largest absolute Gasteiger partial charge is 0.393 e. The number of alkyl halides is 1. The van der Waals surface area contributed by atoms with Gasteiger partial charge in [0.2, 0.25) is 0 Å². The van der Waals surface area contributed by atoms with Crippen LogP contribution in [0, 0.1) is 0 Å². The number of halogens is 1. The number of hydrogen-bond acceptors (Lipinski definition) is 4. The minimum Gasteiger partial charge on any atom is -0.393 e. The van der Waals surface area contributed by atoms with Gasteiger partial charge < -0.3 is 10.0 Å². The molecule has 116 valence electrons. The van der Waals surface area contributed by atoms with Crippen molar-refractivity contribution in [2.24, 2.45) is 0 Å². The Hall–Kier alpha value is -1.23. The van der Waals surface area contributed by atoms with E-state index in [-0.39, 0.29) is 6.54 Å². The molecule has 1 aromatic rings. The van der Waals surface area contributed by atoms with Gasteiger partial charge in [-0.25, -0.2) is 14.4 Å². The summed E-state index contributed by atoms with van der Waals surface area (Å²) in [6.07, 6.45) is 9.03. The van der Waals surface area contributed by atoms with E-state index in [0.29, 0.717) is 12.3 Å². The van der Waals surface area contributed by atoms with Crippen molar-refractivity contribution < 1.29 is 9.50 Å². The second-order valence-electron chi connectivity index (χ2n) is 6.47. The summed E-state index contributed by atoms with van der Waals surface area (Å²) in [4.78, 5) is 10.7. The molecule has 1 aliphatic carbocycles. The third kappa shape index (κ3) is 3.34. The molecule has 0 radical (unpaired) electrons. The second-order valence-corrected chi connectivity index (χ2v) is 6.47. The van der Waals surface area contributed by atoms with Crippen molar-refractivity contribution in [1.29, 1.82) is 0 Å². The number of aliphatic hydroxyl groups is 1. The molecule has 4 nitrogen and oxygen atoms in total. The normalized spacial score (nSPS) is 27.8. The molecule has 0 spiro atoms. The molecular formula is C16H24FN3O. The fourth-order valence-electron chi connectivity index (χ4n) is 3.57. The summed E-state index contributed by atoms with van der Waals surface area (Å²) in [6.45, 7) is 0.613. The van der Waals surface area contributed by atoms with Gasteiger partial charge >= 0.3 is 0 Å². The monoisotopic (exact) mass is 293 g/mol. The molecule has 0 aromatic carbocycles. The molecule has 5 heteroatoms. The van der Waals surface area contributed by atoms with E-state index < -0.39 is 12.3 Å². The molecule has 1 saturated carbocycles. The molecule has 2 fully saturated rings. The highest BCUT2D eigenvalue weighted by atomic mass is 19.1. The summed E-state index contributed by atoms with van der Waals surface area (Å²) in [6, 6.07) is 2.03. The number of piperidine rings is 1. The lowest BCUT2D eigenvalue weighted by molar-refractivity contribution is 0.0565. The second kappa shape index (κ2) is 6.26. The van der Waals surface area contributed by atoms with Gasteiger partial charge in [0.15, 0.2) is 5.67 Å². The van der Waals surface area contributed by atoms with Gasteiger partial charge in [-0.3, -0.25) is 0 Å². The van der Waals surface area contributed by atoms with Crippen molar-refractivity contribution in [3.63, 3.8) is 0 Å². The number of nitrogens with zero attached hydrogens (tertiary/aromatic N) is 3. The van der Waals surface area contributed by atoms with Crippen molar-refractivity contribution in [2.75, 3.05) is 24.6 Å². The average Bonchev–Trinajstić information content (AvgIpc) is 2.56. The Labute approximate surface area is 125 Å². The Balaban J connectivity index is 1.76. The molecule has 2 aliphatic rings. The van der Waals surface area contributed by atoms with Crippen molar-refractivity contribution in [1.82, 2.24) is 9.97 Å². The number of hydrogen-bond donors (Lipinski definition) is 1. The van der Waals surface area contributed by atoms with Crippen molar-refractivity contribution in [2.45, 2.75) is 56.5 Å². The smallest absolute Gasteiger partial charge is 0.151 e. The zero-order valence-corrected chi connectivity index (χ0v) is 12.5. The van der Waals surface area contributed by atoms with Crippen LogP contribution in [0.5, 0.6) is 0 Å². The summed E-state index contributed by atoms with van der Waals surface area (Å²) in [5, 5.41) is 9.24. The van der Waals surface area contributed by atoms with Crippen LogP contribution in [0.3, 0.4) is 0 Å². The molecule has 3 rings (SSSR count). The van der Waals surface area contributed by atoms with E-state index in [1.807, 2.05) is 11.0 Å². The van der Waals surface area contributed by atoms with Crippen LogP contribution in [-0.4, -0.2) is 40.4 Å². The zero-order valence-electron chi connectivity index (χ0n) is 12.5. The molecule has 2 heterocycles. The zero-order chi connectivity index (χ0) is 14.7. The predicted octanol–water partition coefficient (Wildman–Crippen LogP) is 2.83. The van der Waals surface area contributed by atoms with E-state index in [4.69, 9.17) is 0 Å². The third-order valence-electron chi connectivity index (χ3n) is 4.83.